The first kappa shape index (κ1) is 24.0. The van der Waals surface area contributed by atoms with Crippen molar-refractivity contribution in [3.8, 4) is 21.7 Å². The molecule has 9 aromatic rings. The summed E-state index contributed by atoms with van der Waals surface area (Å²) in [6.45, 7) is 0. The van der Waals surface area contributed by atoms with Gasteiger partial charge in [-0.25, -0.2) is 0 Å². The first-order valence-corrected chi connectivity index (χ1v) is 16.5. The third-order valence-corrected chi connectivity index (χ3v) is 11.7. The van der Waals surface area contributed by atoms with Gasteiger partial charge in [0.05, 0.1) is 15.8 Å². The van der Waals surface area contributed by atoms with Crippen LogP contribution in [0, 0.1) is 0 Å². The number of thiophene rings is 2. The maximum absolute atomic E-state index is 6.09. The largest absolute Gasteiger partial charge is 0.456 e. The van der Waals surface area contributed by atoms with Gasteiger partial charge in [0.1, 0.15) is 11.2 Å². The molecule has 6 heteroatoms. The van der Waals surface area contributed by atoms with E-state index in [1.54, 1.807) is 6.20 Å². The number of hydrogen-bond acceptors (Lipinski definition) is 5. The second kappa shape index (κ2) is 8.99. The van der Waals surface area contributed by atoms with E-state index < -0.39 is 0 Å². The molecule has 1 aliphatic rings. The number of fused-ring (bicyclic) bond motifs is 9. The van der Waals surface area contributed by atoms with Crippen LogP contribution in [0.1, 0.15) is 31.7 Å². The molecule has 0 atom stereocenters. The Labute approximate surface area is 254 Å². The van der Waals surface area contributed by atoms with Gasteiger partial charge in [0, 0.05) is 77.1 Å². The smallest absolute Gasteiger partial charge is 0.139 e. The minimum Gasteiger partial charge on any atom is -0.456 e. The molecule has 0 spiro atoms. The molecule has 0 radical (unpaired) electrons. The van der Waals surface area contributed by atoms with Crippen molar-refractivity contribution in [3.63, 3.8) is 0 Å². The lowest BCUT2D eigenvalue weighted by Gasteiger charge is -2.15. The number of aromatic nitrogens is 3. The van der Waals surface area contributed by atoms with Crippen molar-refractivity contribution < 1.29 is 4.42 Å². The van der Waals surface area contributed by atoms with Gasteiger partial charge in [-0.05, 0) is 60.9 Å². The van der Waals surface area contributed by atoms with Gasteiger partial charge >= 0.3 is 0 Å². The van der Waals surface area contributed by atoms with Crippen molar-refractivity contribution in [2.45, 2.75) is 31.7 Å². The summed E-state index contributed by atoms with van der Waals surface area (Å²) in [5.41, 5.74) is 7.77. The van der Waals surface area contributed by atoms with Crippen LogP contribution in [0.3, 0.4) is 0 Å². The molecule has 0 bridgehead atoms. The molecule has 1 fully saturated rings. The Balaban J connectivity index is 1.09. The molecule has 0 saturated heterocycles. The van der Waals surface area contributed by atoms with Gasteiger partial charge in [-0.15, -0.1) is 22.7 Å². The van der Waals surface area contributed by atoms with Crippen molar-refractivity contribution in [1.29, 1.82) is 0 Å². The summed E-state index contributed by atoms with van der Waals surface area (Å²) in [6, 6.07) is 29.7. The molecule has 10 rings (SSSR count). The molecular weight excluding hydrogens is 567 g/mol. The third kappa shape index (κ3) is 3.48. The van der Waals surface area contributed by atoms with Gasteiger partial charge in [-0.3, -0.25) is 9.97 Å². The number of nitrogens with zero attached hydrogens (tertiary/aromatic N) is 3. The molecule has 0 aliphatic heterocycles. The Morgan fingerprint density at radius 3 is 2.51 bits per heavy atom. The monoisotopic (exact) mass is 591 g/mol. The van der Waals surface area contributed by atoms with E-state index in [9.17, 15) is 0 Å². The third-order valence-electron chi connectivity index (χ3n) is 9.28. The van der Waals surface area contributed by atoms with Gasteiger partial charge in [0.2, 0.25) is 0 Å². The van der Waals surface area contributed by atoms with Gasteiger partial charge in [0.15, 0.2) is 0 Å². The number of benzene rings is 3. The van der Waals surface area contributed by atoms with E-state index in [0.717, 1.165) is 33.2 Å². The molecule has 0 unspecified atom stereocenters. The maximum atomic E-state index is 6.09. The molecule has 6 heterocycles. The topological polar surface area (TPSA) is 43.9 Å². The molecule has 0 amide bonds. The van der Waals surface area contributed by atoms with Crippen molar-refractivity contribution in [2.75, 3.05) is 0 Å². The second-order valence-corrected chi connectivity index (χ2v) is 13.8. The zero-order valence-electron chi connectivity index (χ0n) is 23.2. The normalized spacial score (nSPS) is 14.5. The van der Waals surface area contributed by atoms with Crippen LogP contribution < -0.4 is 0 Å². The second-order valence-electron chi connectivity index (χ2n) is 11.7. The van der Waals surface area contributed by atoms with Gasteiger partial charge < -0.3 is 8.98 Å². The molecule has 1 aliphatic carbocycles. The fraction of sp³-hybridized carbons (Fsp3) is 0.135. The lowest BCUT2D eigenvalue weighted by atomic mass is 10.0. The Bertz CT molecular complexity index is 2540. The predicted octanol–water partition coefficient (Wildman–Crippen LogP) is 11.4. The summed E-state index contributed by atoms with van der Waals surface area (Å²) in [4.78, 5) is 10.5. The molecule has 3 aromatic carbocycles. The van der Waals surface area contributed by atoms with Crippen molar-refractivity contribution in [2.24, 2.45) is 0 Å². The van der Waals surface area contributed by atoms with Crippen LogP contribution in [-0.4, -0.2) is 14.5 Å². The highest BCUT2D eigenvalue weighted by Gasteiger charge is 2.22. The zero-order chi connectivity index (χ0) is 28.1. The van der Waals surface area contributed by atoms with Crippen LogP contribution in [0.2, 0.25) is 0 Å². The average Bonchev–Trinajstić information content (AvgIpc) is 3.87. The van der Waals surface area contributed by atoms with E-state index in [-0.39, 0.29) is 0 Å². The van der Waals surface area contributed by atoms with Crippen LogP contribution in [0.25, 0.3) is 84.9 Å². The minimum atomic E-state index is 0.614. The summed E-state index contributed by atoms with van der Waals surface area (Å²) in [6.07, 6.45) is 10.7. The number of rotatable bonds is 3. The van der Waals surface area contributed by atoms with E-state index in [2.05, 4.69) is 76.3 Å². The fourth-order valence-electron chi connectivity index (χ4n) is 7.34. The first-order valence-electron chi connectivity index (χ1n) is 14.9. The maximum Gasteiger partial charge on any atom is 0.139 e. The highest BCUT2D eigenvalue weighted by Crippen LogP contribution is 2.46. The Kier molecular flexibility index (Phi) is 5.01. The summed E-state index contributed by atoms with van der Waals surface area (Å²) in [5.74, 6) is 0. The highest BCUT2D eigenvalue weighted by molar-refractivity contribution is 7.34. The summed E-state index contributed by atoms with van der Waals surface area (Å²) >= 11 is 3.77. The molecule has 0 N–H and O–H groups in total. The number of hydrogen-bond donors (Lipinski definition) is 0. The zero-order valence-corrected chi connectivity index (χ0v) is 24.8. The van der Waals surface area contributed by atoms with Crippen LogP contribution in [-0.2, 0) is 0 Å². The van der Waals surface area contributed by atoms with Gasteiger partial charge in [-0.1, -0.05) is 49.2 Å². The molecule has 43 heavy (non-hydrogen) atoms. The molecule has 6 aromatic heterocycles. The van der Waals surface area contributed by atoms with Crippen LogP contribution in [0.15, 0.2) is 102 Å². The highest BCUT2D eigenvalue weighted by atomic mass is 32.1. The lowest BCUT2D eigenvalue weighted by molar-refractivity contribution is 0.550. The molecule has 1 saturated carbocycles. The van der Waals surface area contributed by atoms with Crippen LogP contribution >= 0.6 is 22.7 Å². The number of para-hydroxylation sites is 1. The Morgan fingerprint density at radius 2 is 1.56 bits per heavy atom. The van der Waals surface area contributed by atoms with E-state index in [1.165, 1.54) is 77.4 Å². The standard InChI is InChI=1S/C37H25N3OS2/c1-2-6-23(5-1)40-28-8-4-3-7-24(28)26-17-21(10-12-29(26)40)32-19-34-37(43-32)25-11-9-22(18-33(25)42-34)36-35-27-20-38-15-13-30(27)41-31(35)14-16-39-36/h3-4,7-20,23H,1-2,5-6H2. The van der Waals surface area contributed by atoms with E-state index in [4.69, 9.17) is 9.40 Å². The quantitative estimate of drug-likeness (QED) is 0.205. The van der Waals surface area contributed by atoms with Crippen molar-refractivity contribution >= 4 is 85.9 Å². The van der Waals surface area contributed by atoms with Gasteiger partial charge in [0.25, 0.3) is 0 Å². The van der Waals surface area contributed by atoms with Crippen LogP contribution in [0.4, 0.5) is 0 Å². The van der Waals surface area contributed by atoms with Gasteiger partial charge in [-0.2, -0.15) is 0 Å². The Morgan fingerprint density at radius 1 is 0.698 bits per heavy atom. The Hall–Kier alpha value is -4.52. The fourth-order valence-corrected chi connectivity index (χ4v) is 9.90. The predicted molar refractivity (Wildman–Crippen MR) is 181 cm³/mol. The minimum absolute atomic E-state index is 0.614. The summed E-state index contributed by atoms with van der Waals surface area (Å²) < 4.78 is 12.7. The van der Waals surface area contributed by atoms with E-state index >= 15 is 0 Å². The SMILES string of the molecule is c1ccc2c(c1)c1cc(-c3cc4sc5cc(-c6nccc7oc8ccncc8c67)ccc5c4s3)ccc1n2C1CCCC1. The number of pyridine rings is 2. The van der Waals surface area contributed by atoms with E-state index in [1.807, 2.05) is 47.2 Å². The molecular formula is C37H25N3OS2. The van der Waals surface area contributed by atoms with Crippen molar-refractivity contribution in [3.05, 3.63) is 97.5 Å². The summed E-state index contributed by atoms with van der Waals surface area (Å²) in [7, 11) is 0. The summed E-state index contributed by atoms with van der Waals surface area (Å²) in [5, 5.41) is 6.07. The first-order chi connectivity index (χ1) is 21.3. The van der Waals surface area contributed by atoms with Crippen molar-refractivity contribution in [1.82, 2.24) is 14.5 Å². The average molecular weight is 592 g/mol. The molecule has 206 valence electrons. The molecule has 4 nitrogen and oxygen atoms in total. The number of furan rings is 1. The van der Waals surface area contributed by atoms with Crippen LogP contribution in [0.5, 0.6) is 0 Å². The lowest BCUT2D eigenvalue weighted by Crippen LogP contribution is -2.03. The van der Waals surface area contributed by atoms with E-state index in [0.29, 0.717) is 6.04 Å².